The molecule has 0 bridgehead atoms. The predicted octanol–water partition coefficient (Wildman–Crippen LogP) is 1.39. The number of aliphatic carboxylic acids is 1. The molecular formula is C16H30O10. The molecule has 0 aliphatic rings. The second-order valence-corrected chi connectivity index (χ2v) is 6.35. The summed E-state index contributed by atoms with van der Waals surface area (Å²) in [6.07, 6.45) is 1.36. The van der Waals surface area contributed by atoms with Gasteiger partial charge in [-0.3, -0.25) is 9.78 Å². The van der Waals surface area contributed by atoms with E-state index in [-0.39, 0.29) is 0 Å². The van der Waals surface area contributed by atoms with Gasteiger partial charge in [0, 0.05) is 0 Å². The van der Waals surface area contributed by atoms with Crippen LogP contribution in [0.1, 0.15) is 54.4 Å². The summed E-state index contributed by atoms with van der Waals surface area (Å²) in [5.41, 5.74) is -1.12. The van der Waals surface area contributed by atoms with Crippen molar-refractivity contribution in [1.29, 1.82) is 0 Å². The normalized spacial score (nSPS) is 11.2. The zero-order chi connectivity index (χ0) is 20.8. The summed E-state index contributed by atoms with van der Waals surface area (Å²) in [6.45, 7) is 9.34. The average molecular weight is 382 g/mol. The lowest BCUT2D eigenvalue weighted by Crippen LogP contribution is -2.28. The molecule has 0 atom stereocenters. The van der Waals surface area contributed by atoms with Crippen molar-refractivity contribution in [1.82, 2.24) is 0 Å². The maximum absolute atomic E-state index is 11.3. The molecule has 10 heteroatoms. The first kappa shape index (κ1) is 26.5. The Morgan fingerprint density at radius 1 is 0.808 bits per heavy atom. The molecule has 0 aromatic rings. The summed E-state index contributed by atoms with van der Waals surface area (Å²) in [7, 11) is 0. The van der Waals surface area contributed by atoms with Crippen LogP contribution in [0.5, 0.6) is 0 Å². The molecule has 0 aromatic carbocycles. The second kappa shape index (κ2) is 13.5. The van der Waals surface area contributed by atoms with Crippen LogP contribution >= 0.6 is 0 Å². The first-order chi connectivity index (χ1) is 11.9. The zero-order valence-electron chi connectivity index (χ0n) is 16.2. The number of ether oxygens (including phenoxy) is 1. The van der Waals surface area contributed by atoms with E-state index < -0.39 is 48.9 Å². The fourth-order valence-corrected chi connectivity index (χ4v) is 0.702. The van der Waals surface area contributed by atoms with Crippen molar-refractivity contribution in [3.05, 3.63) is 0 Å². The lowest BCUT2D eigenvalue weighted by molar-refractivity contribution is -0.330. The summed E-state index contributed by atoms with van der Waals surface area (Å²) in [5.74, 6) is -2.64. The Morgan fingerprint density at radius 2 is 1.12 bits per heavy atom. The van der Waals surface area contributed by atoms with Gasteiger partial charge in [0.1, 0.15) is 31.0 Å². The first-order valence-corrected chi connectivity index (χ1v) is 8.06. The fraction of sp³-hybridized carbons (Fsp3) is 0.812. The van der Waals surface area contributed by atoms with Gasteiger partial charge in [0.25, 0.3) is 0 Å². The zero-order valence-corrected chi connectivity index (χ0v) is 16.2. The van der Waals surface area contributed by atoms with Crippen molar-refractivity contribution < 1.29 is 48.9 Å². The van der Waals surface area contributed by atoms with Crippen LogP contribution in [0.4, 0.5) is 0 Å². The van der Waals surface area contributed by atoms with Crippen molar-refractivity contribution in [2.75, 3.05) is 19.8 Å². The molecule has 26 heavy (non-hydrogen) atoms. The number of carbonyl (C=O) groups is 3. The Morgan fingerprint density at radius 3 is 1.35 bits per heavy atom. The van der Waals surface area contributed by atoms with Crippen molar-refractivity contribution in [3.8, 4) is 0 Å². The van der Waals surface area contributed by atoms with Gasteiger partial charge < -0.3 is 14.9 Å². The average Bonchev–Trinajstić information content (AvgIpc) is 2.59. The van der Waals surface area contributed by atoms with E-state index in [1.54, 1.807) is 27.7 Å². The predicted molar refractivity (Wildman–Crippen MR) is 88.6 cm³/mol. The summed E-state index contributed by atoms with van der Waals surface area (Å²) >= 11 is 0. The standard InChI is InChI=1S/C14H26O7.C2H4O3/c1-7-13(3,4)20-18-11(15)9-17-10-12(16)19-21-14(5,6)8-2;3-1-2(4)5/h7-10H2,1-6H3;3H,1H2,(H,4,5). The molecule has 0 rings (SSSR count). The molecule has 0 radical (unpaired) electrons. The molecule has 154 valence electrons. The second-order valence-electron chi connectivity index (χ2n) is 6.35. The largest absolute Gasteiger partial charge is 0.480 e. The van der Waals surface area contributed by atoms with Gasteiger partial charge in [-0.25, -0.2) is 14.4 Å². The Bertz CT molecular complexity index is 399. The number of hydrogen-bond acceptors (Lipinski definition) is 9. The van der Waals surface area contributed by atoms with Crippen LogP contribution in [0.3, 0.4) is 0 Å². The van der Waals surface area contributed by atoms with Gasteiger partial charge in [0.15, 0.2) is 0 Å². The summed E-state index contributed by atoms with van der Waals surface area (Å²) in [6, 6.07) is 0. The number of aliphatic hydroxyl groups is 1. The Labute approximate surface area is 153 Å². The van der Waals surface area contributed by atoms with E-state index in [9.17, 15) is 9.59 Å². The van der Waals surface area contributed by atoms with Gasteiger partial charge in [0.2, 0.25) is 0 Å². The maximum atomic E-state index is 11.3. The monoisotopic (exact) mass is 382 g/mol. The van der Waals surface area contributed by atoms with Gasteiger partial charge in [0.05, 0.1) is 0 Å². The molecule has 0 aliphatic carbocycles. The van der Waals surface area contributed by atoms with Crippen LogP contribution in [0.2, 0.25) is 0 Å². The van der Waals surface area contributed by atoms with Crippen LogP contribution in [-0.4, -0.2) is 59.1 Å². The van der Waals surface area contributed by atoms with Gasteiger partial charge in [-0.15, -0.1) is 0 Å². The van der Waals surface area contributed by atoms with Crippen LogP contribution in [-0.2, 0) is 38.7 Å². The molecule has 0 aliphatic heterocycles. The third-order valence-electron chi connectivity index (χ3n) is 3.00. The summed E-state index contributed by atoms with van der Waals surface area (Å²) < 4.78 is 4.85. The highest BCUT2D eigenvalue weighted by Gasteiger charge is 2.21. The topological polar surface area (TPSA) is 138 Å². The Kier molecular flexibility index (Phi) is 13.7. The molecule has 0 saturated heterocycles. The van der Waals surface area contributed by atoms with E-state index in [4.69, 9.17) is 29.5 Å². The third kappa shape index (κ3) is 17.1. The minimum absolute atomic E-state index is 0.411. The molecule has 0 unspecified atom stereocenters. The van der Waals surface area contributed by atoms with E-state index in [0.717, 1.165) is 0 Å². The van der Waals surface area contributed by atoms with E-state index in [1.807, 2.05) is 13.8 Å². The summed E-state index contributed by atoms with van der Waals surface area (Å²) in [5, 5.41) is 15.0. The highest BCUT2D eigenvalue weighted by Crippen LogP contribution is 2.14. The minimum Gasteiger partial charge on any atom is -0.480 e. The number of aliphatic hydroxyl groups excluding tert-OH is 1. The first-order valence-electron chi connectivity index (χ1n) is 8.06. The lowest BCUT2D eigenvalue weighted by atomic mass is 10.1. The van der Waals surface area contributed by atoms with Gasteiger partial charge in [-0.05, 0) is 40.5 Å². The molecule has 10 nitrogen and oxygen atoms in total. The minimum atomic E-state index is -1.19. The van der Waals surface area contributed by atoms with Crippen molar-refractivity contribution >= 4 is 17.9 Å². The van der Waals surface area contributed by atoms with Gasteiger partial charge in [-0.2, -0.15) is 9.78 Å². The van der Waals surface area contributed by atoms with Crippen molar-refractivity contribution in [2.24, 2.45) is 0 Å². The number of hydrogen-bond donors (Lipinski definition) is 2. The van der Waals surface area contributed by atoms with Crippen LogP contribution in [0.25, 0.3) is 0 Å². The molecule has 0 aromatic heterocycles. The molecule has 0 amide bonds. The Balaban J connectivity index is 0. The van der Waals surface area contributed by atoms with Crippen molar-refractivity contribution in [3.63, 3.8) is 0 Å². The molecule has 2 N–H and O–H groups in total. The van der Waals surface area contributed by atoms with Gasteiger partial charge in [-0.1, -0.05) is 13.8 Å². The van der Waals surface area contributed by atoms with Crippen LogP contribution in [0, 0.1) is 0 Å². The quantitative estimate of drug-likeness (QED) is 0.398. The van der Waals surface area contributed by atoms with Gasteiger partial charge >= 0.3 is 17.9 Å². The highest BCUT2D eigenvalue weighted by molar-refractivity contribution is 5.72. The molecule has 0 heterocycles. The van der Waals surface area contributed by atoms with Crippen LogP contribution in [0.15, 0.2) is 0 Å². The molecule has 0 saturated carbocycles. The number of carboxylic acids is 1. The van der Waals surface area contributed by atoms with E-state index >= 15 is 0 Å². The third-order valence-corrected chi connectivity index (χ3v) is 3.00. The van der Waals surface area contributed by atoms with Crippen molar-refractivity contribution in [2.45, 2.75) is 65.6 Å². The number of carboxylic acid groups (broad SMARTS) is 1. The highest BCUT2D eigenvalue weighted by atomic mass is 17.2. The van der Waals surface area contributed by atoms with E-state index in [2.05, 4.69) is 9.78 Å². The number of carbonyl (C=O) groups excluding carboxylic acids is 2. The number of rotatable bonds is 11. The lowest BCUT2D eigenvalue weighted by Gasteiger charge is -2.20. The molecule has 0 fully saturated rings. The van der Waals surface area contributed by atoms with Crippen LogP contribution < -0.4 is 0 Å². The maximum Gasteiger partial charge on any atom is 0.367 e. The molecular weight excluding hydrogens is 352 g/mol. The Hall–Kier alpha value is -1.75. The van der Waals surface area contributed by atoms with E-state index in [1.165, 1.54) is 0 Å². The summed E-state index contributed by atoms with van der Waals surface area (Å²) in [4.78, 5) is 50.7. The molecule has 0 spiro atoms. The van der Waals surface area contributed by atoms with E-state index in [0.29, 0.717) is 12.8 Å². The SMILES string of the molecule is CCC(C)(C)OOC(=O)COCC(=O)OOC(C)(C)CC.O=C(O)CO. The fourth-order valence-electron chi connectivity index (χ4n) is 0.702. The smallest absolute Gasteiger partial charge is 0.367 e.